The summed E-state index contributed by atoms with van der Waals surface area (Å²) in [4.78, 5) is 18.1. The minimum atomic E-state index is -3.61. The van der Waals surface area contributed by atoms with Crippen molar-refractivity contribution in [3.05, 3.63) is 65.4 Å². The fourth-order valence-electron chi connectivity index (χ4n) is 5.52. The van der Waals surface area contributed by atoms with Gasteiger partial charge < -0.3 is 14.5 Å². The van der Waals surface area contributed by atoms with E-state index in [0.29, 0.717) is 35.7 Å². The van der Waals surface area contributed by atoms with Crippen molar-refractivity contribution in [2.24, 2.45) is 0 Å². The lowest BCUT2D eigenvalue weighted by molar-refractivity contribution is 0.0973. The molecule has 1 aliphatic heterocycles. The monoisotopic (exact) mass is 536 g/mol. The SMILES string of the molecule is CCN(CC)CCC1(c2ccc(N3CCc4c(S(C)(=O)=O)nn(-c5ccc(OC)cc5)c4C3=O)cc2)CC1. The van der Waals surface area contributed by atoms with E-state index in [-0.39, 0.29) is 16.3 Å². The van der Waals surface area contributed by atoms with E-state index in [1.54, 1.807) is 36.3 Å². The maximum absolute atomic E-state index is 13.9. The van der Waals surface area contributed by atoms with Gasteiger partial charge in [0.25, 0.3) is 5.91 Å². The molecule has 5 rings (SSSR count). The van der Waals surface area contributed by atoms with Gasteiger partial charge >= 0.3 is 0 Å². The lowest BCUT2D eigenvalue weighted by Crippen LogP contribution is -2.39. The third-order valence-electron chi connectivity index (χ3n) is 8.09. The molecule has 1 saturated carbocycles. The molecule has 1 fully saturated rings. The highest BCUT2D eigenvalue weighted by Crippen LogP contribution is 2.51. The molecule has 8 nitrogen and oxygen atoms in total. The summed E-state index contributed by atoms with van der Waals surface area (Å²) in [5, 5.41) is 4.38. The van der Waals surface area contributed by atoms with Crippen LogP contribution in [0.25, 0.3) is 5.69 Å². The first kappa shape index (κ1) is 26.4. The van der Waals surface area contributed by atoms with Crippen LogP contribution in [0.5, 0.6) is 5.75 Å². The number of nitrogens with zero attached hydrogens (tertiary/aromatic N) is 4. The van der Waals surface area contributed by atoms with Crippen molar-refractivity contribution in [1.29, 1.82) is 0 Å². The molecule has 1 amide bonds. The third-order valence-corrected chi connectivity index (χ3v) is 9.12. The molecule has 3 aromatic rings. The van der Waals surface area contributed by atoms with Crippen LogP contribution in [0.15, 0.2) is 53.6 Å². The Morgan fingerprint density at radius 1 is 1.00 bits per heavy atom. The van der Waals surface area contributed by atoms with Gasteiger partial charge in [0.05, 0.1) is 12.8 Å². The van der Waals surface area contributed by atoms with E-state index >= 15 is 0 Å². The van der Waals surface area contributed by atoms with Gasteiger partial charge in [0.1, 0.15) is 11.4 Å². The Balaban J connectivity index is 1.44. The lowest BCUT2D eigenvalue weighted by Gasteiger charge is -2.28. The van der Waals surface area contributed by atoms with Crippen LogP contribution in [0.4, 0.5) is 5.69 Å². The van der Waals surface area contributed by atoms with Crippen molar-refractivity contribution in [2.75, 3.05) is 44.4 Å². The molecule has 0 atom stereocenters. The summed E-state index contributed by atoms with van der Waals surface area (Å²) < 4.78 is 31.8. The molecule has 0 bridgehead atoms. The molecule has 0 radical (unpaired) electrons. The van der Waals surface area contributed by atoms with Crippen molar-refractivity contribution < 1.29 is 17.9 Å². The Labute approximate surface area is 225 Å². The summed E-state index contributed by atoms with van der Waals surface area (Å²) in [5.74, 6) is 0.413. The highest BCUT2D eigenvalue weighted by Gasteiger charge is 2.44. The Morgan fingerprint density at radius 3 is 2.18 bits per heavy atom. The number of anilines is 1. The van der Waals surface area contributed by atoms with Crippen LogP contribution in [0.2, 0.25) is 0 Å². The van der Waals surface area contributed by atoms with Crippen molar-refractivity contribution >= 4 is 21.4 Å². The molecule has 0 spiro atoms. The van der Waals surface area contributed by atoms with E-state index in [4.69, 9.17) is 4.74 Å². The number of methoxy groups -OCH3 is 1. The highest BCUT2D eigenvalue weighted by atomic mass is 32.2. The Hall–Kier alpha value is -3.17. The number of hydrogen-bond donors (Lipinski definition) is 0. The first-order valence-electron chi connectivity index (χ1n) is 13.3. The largest absolute Gasteiger partial charge is 0.497 e. The standard InChI is InChI=1S/C29H36N4O4S/c1-5-31(6-2)20-18-29(16-17-29)21-7-9-22(10-8-21)32-19-15-25-26(28(32)34)33(30-27(25)38(4,35)36)23-11-13-24(37-3)14-12-23/h7-14H,5-6,15-20H2,1-4H3. The second kappa shape index (κ2) is 10.2. The summed E-state index contributed by atoms with van der Waals surface area (Å²) in [6.07, 6.45) is 5.10. The number of aromatic nitrogens is 2. The van der Waals surface area contributed by atoms with E-state index in [0.717, 1.165) is 38.0 Å². The van der Waals surface area contributed by atoms with Crippen LogP contribution in [-0.2, 0) is 21.7 Å². The quantitative estimate of drug-likeness (QED) is 0.385. The van der Waals surface area contributed by atoms with Gasteiger partial charge in [-0.2, -0.15) is 5.10 Å². The predicted molar refractivity (Wildman–Crippen MR) is 148 cm³/mol. The van der Waals surface area contributed by atoms with Crippen molar-refractivity contribution in [3.63, 3.8) is 0 Å². The summed E-state index contributed by atoms with van der Waals surface area (Å²) >= 11 is 0. The lowest BCUT2D eigenvalue weighted by atomic mass is 9.91. The molecule has 2 aliphatic rings. The number of ether oxygens (including phenoxy) is 1. The molecule has 1 aliphatic carbocycles. The van der Waals surface area contributed by atoms with E-state index in [1.807, 2.05) is 12.1 Å². The second-order valence-corrected chi connectivity index (χ2v) is 12.3. The van der Waals surface area contributed by atoms with E-state index < -0.39 is 9.84 Å². The van der Waals surface area contributed by atoms with E-state index in [9.17, 15) is 13.2 Å². The number of carbonyl (C=O) groups is 1. The normalized spacial score (nSPS) is 16.6. The number of benzene rings is 2. The number of sulfone groups is 1. The minimum absolute atomic E-state index is 0.0319. The molecule has 38 heavy (non-hydrogen) atoms. The first-order chi connectivity index (χ1) is 18.2. The van der Waals surface area contributed by atoms with Gasteiger partial charge in [0.2, 0.25) is 0 Å². The molecular formula is C29H36N4O4S. The Morgan fingerprint density at radius 2 is 1.63 bits per heavy atom. The topological polar surface area (TPSA) is 84.7 Å². The van der Waals surface area contributed by atoms with Crippen molar-refractivity contribution in [1.82, 2.24) is 14.7 Å². The average molecular weight is 537 g/mol. The van der Waals surface area contributed by atoms with Crippen LogP contribution < -0.4 is 9.64 Å². The van der Waals surface area contributed by atoms with Gasteiger partial charge in [0.15, 0.2) is 14.9 Å². The van der Waals surface area contributed by atoms with Gasteiger partial charge in [-0.3, -0.25) is 4.79 Å². The molecule has 2 aromatic carbocycles. The zero-order chi connectivity index (χ0) is 27.1. The molecular weight excluding hydrogens is 500 g/mol. The fourth-order valence-corrected chi connectivity index (χ4v) is 6.40. The Kier molecular flexibility index (Phi) is 7.09. The second-order valence-electron chi connectivity index (χ2n) is 10.3. The third kappa shape index (κ3) is 4.85. The van der Waals surface area contributed by atoms with Crippen LogP contribution in [-0.4, -0.2) is 68.5 Å². The number of hydrogen-bond acceptors (Lipinski definition) is 6. The van der Waals surface area contributed by atoms with Crippen LogP contribution in [0, 0.1) is 0 Å². The summed E-state index contributed by atoms with van der Waals surface area (Å²) in [7, 11) is -2.03. The molecule has 0 unspecified atom stereocenters. The maximum atomic E-state index is 13.9. The maximum Gasteiger partial charge on any atom is 0.277 e. The van der Waals surface area contributed by atoms with Gasteiger partial charge in [-0.05, 0) is 92.7 Å². The number of amides is 1. The summed E-state index contributed by atoms with van der Waals surface area (Å²) in [5.41, 5.74) is 3.77. The van der Waals surface area contributed by atoms with Crippen LogP contribution in [0.3, 0.4) is 0 Å². The van der Waals surface area contributed by atoms with Crippen LogP contribution >= 0.6 is 0 Å². The molecule has 2 heterocycles. The average Bonchev–Trinajstić information content (AvgIpc) is 3.60. The molecule has 202 valence electrons. The van der Waals surface area contributed by atoms with Crippen molar-refractivity contribution in [3.8, 4) is 11.4 Å². The minimum Gasteiger partial charge on any atom is -0.497 e. The zero-order valence-corrected chi connectivity index (χ0v) is 23.4. The van der Waals surface area contributed by atoms with Crippen LogP contribution in [0.1, 0.15) is 54.7 Å². The van der Waals surface area contributed by atoms with E-state index in [2.05, 4.69) is 36.0 Å². The smallest absolute Gasteiger partial charge is 0.277 e. The molecule has 1 aromatic heterocycles. The van der Waals surface area contributed by atoms with Crippen molar-refractivity contribution in [2.45, 2.75) is 50.0 Å². The zero-order valence-electron chi connectivity index (χ0n) is 22.6. The summed E-state index contributed by atoms with van der Waals surface area (Å²) in [6.45, 7) is 8.05. The first-order valence-corrected chi connectivity index (χ1v) is 15.2. The number of rotatable bonds is 10. The van der Waals surface area contributed by atoms with Gasteiger partial charge in [-0.15, -0.1) is 0 Å². The summed E-state index contributed by atoms with van der Waals surface area (Å²) in [6, 6.07) is 15.5. The molecule has 0 N–H and O–H groups in total. The molecule has 9 heteroatoms. The number of carbonyl (C=O) groups excluding carboxylic acids is 1. The predicted octanol–water partition coefficient (Wildman–Crippen LogP) is 4.25. The fraction of sp³-hybridized carbons (Fsp3) is 0.448. The van der Waals surface area contributed by atoms with Gasteiger partial charge in [-0.25, -0.2) is 13.1 Å². The van der Waals surface area contributed by atoms with Gasteiger partial charge in [-0.1, -0.05) is 26.0 Å². The number of fused-ring (bicyclic) bond motifs is 1. The Bertz CT molecular complexity index is 1420. The van der Waals surface area contributed by atoms with Gasteiger partial charge in [0, 0.05) is 24.1 Å². The molecule has 0 saturated heterocycles. The highest BCUT2D eigenvalue weighted by molar-refractivity contribution is 7.90. The van der Waals surface area contributed by atoms with E-state index in [1.165, 1.54) is 23.1 Å².